The van der Waals surface area contributed by atoms with Gasteiger partial charge in [0.2, 0.25) is 0 Å². The van der Waals surface area contributed by atoms with Crippen molar-refractivity contribution in [1.82, 2.24) is 14.2 Å². The molecule has 1 saturated heterocycles. The molecule has 2 heterocycles. The van der Waals surface area contributed by atoms with Crippen molar-refractivity contribution in [3.05, 3.63) is 140 Å². The second-order valence-electron chi connectivity index (χ2n) is 12.6. The average molecular weight is 685 g/mol. The summed E-state index contributed by atoms with van der Waals surface area (Å²) in [7, 11) is -1.63. The van der Waals surface area contributed by atoms with Crippen LogP contribution in [0.5, 0.6) is 0 Å². The van der Waals surface area contributed by atoms with Crippen LogP contribution in [0, 0.1) is 18.3 Å². The molecule has 0 spiro atoms. The summed E-state index contributed by atoms with van der Waals surface area (Å²) in [5.74, 6) is 0. The largest absolute Gasteiger partial charge is 0.358 e. The van der Waals surface area contributed by atoms with E-state index in [1.807, 2.05) is 54.6 Å². The van der Waals surface area contributed by atoms with E-state index >= 15 is 0 Å². The lowest BCUT2D eigenvalue weighted by Crippen LogP contribution is -2.39. The van der Waals surface area contributed by atoms with Crippen molar-refractivity contribution >= 4 is 8.53 Å². The Morgan fingerprint density at radius 1 is 0.939 bits per heavy atom. The molecule has 49 heavy (non-hydrogen) atoms. The molecule has 1 aliphatic rings. The zero-order valence-corrected chi connectivity index (χ0v) is 29.6. The van der Waals surface area contributed by atoms with Crippen LogP contribution in [0.2, 0.25) is 0 Å². The molecule has 5 rings (SSSR count). The Balaban J connectivity index is 1.57. The molecule has 1 aliphatic heterocycles. The minimum Gasteiger partial charge on any atom is -0.358 e. The molecule has 11 heteroatoms. The smallest absolute Gasteiger partial charge is 0.330 e. The topological polar surface area (TPSA) is 119 Å². The third-order valence-electron chi connectivity index (χ3n) is 8.53. The fourth-order valence-corrected chi connectivity index (χ4v) is 8.08. The molecule has 1 fully saturated rings. The Bertz CT molecular complexity index is 1690. The van der Waals surface area contributed by atoms with E-state index < -0.39 is 43.8 Å². The van der Waals surface area contributed by atoms with E-state index in [1.165, 1.54) is 10.8 Å². The summed E-state index contributed by atoms with van der Waals surface area (Å²) in [6, 6.07) is 32.6. The quantitative estimate of drug-likeness (QED) is 0.0825. The maximum absolute atomic E-state index is 13.0. The van der Waals surface area contributed by atoms with E-state index in [4.69, 9.17) is 18.5 Å². The van der Waals surface area contributed by atoms with E-state index in [-0.39, 0.29) is 31.7 Å². The zero-order valence-electron chi connectivity index (χ0n) is 28.7. The molecular formula is C38H45N4O6P. The van der Waals surface area contributed by atoms with Crippen LogP contribution in [-0.4, -0.2) is 51.7 Å². The third-order valence-corrected chi connectivity index (χ3v) is 10.7. The van der Waals surface area contributed by atoms with Gasteiger partial charge in [0.15, 0.2) is 0 Å². The van der Waals surface area contributed by atoms with Crippen LogP contribution in [0.3, 0.4) is 0 Å². The van der Waals surface area contributed by atoms with Crippen molar-refractivity contribution in [2.24, 2.45) is 0 Å². The number of nitrogens with one attached hydrogen (secondary N) is 1. The molecule has 1 unspecified atom stereocenters. The second kappa shape index (κ2) is 16.6. The summed E-state index contributed by atoms with van der Waals surface area (Å²) in [5.41, 5.74) is 1.22. The lowest BCUT2D eigenvalue weighted by molar-refractivity contribution is -0.0925. The number of aryl methyl sites for hydroxylation is 1. The van der Waals surface area contributed by atoms with Gasteiger partial charge in [-0.05, 0) is 51.3 Å². The fourth-order valence-electron chi connectivity index (χ4n) is 6.32. The molecule has 4 aromatic rings. The molecule has 3 aromatic carbocycles. The number of aromatic amines is 1. The Morgan fingerprint density at radius 2 is 1.47 bits per heavy atom. The number of rotatable bonds is 15. The fraction of sp³-hybridized carbons (Fsp3) is 0.395. The number of ether oxygens (including phenoxy) is 2. The van der Waals surface area contributed by atoms with Gasteiger partial charge in [-0.1, -0.05) is 91.0 Å². The summed E-state index contributed by atoms with van der Waals surface area (Å²) >= 11 is 0. The molecule has 0 amide bonds. The molecule has 258 valence electrons. The van der Waals surface area contributed by atoms with Gasteiger partial charge in [0.05, 0.1) is 31.8 Å². The van der Waals surface area contributed by atoms with Crippen LogP contribution < -0.4 is 11.2 Å². The summed E-state index contributed by atoms with van der Waals surface area (Å²) in [6.45, 7) is 10.3. The van der Waals surface area contributed by atoms with Crippen molar-refractivity contribution in [2.75, 3.05) is 13.2 Å². The summed E-state index contributed by atoms with van der Waals surface area (Å²) in [6.07, 6.45) is 0.127. The minimum atomic E-state index is -1.63. The monoisotopic (exact) mass is 684 g/mol. The number of nitrogens with zero attached hydrogens (tertiary/aromatic N) is 3. The highest BCUT2D eigenvalue weighted by Gasteiger charge is 2.45. The molecule has 0 bridgehead atoms. The Hall–Kier alpha value is -3.94. The van der Waals surface area contributed by atoms with E-state index in [1.54, 1.807) is 6.92 Å². The Morgan fingerprint density at radius 3 is 1.96 bits per heavy atom. The van der Waals surface area contributed by atoms with Crippen molar-refractivity contribution in [3.63, 3.8) is 0 Å². The Kier molecular flexibility index (Phi) is 12.3. The first-order valence-electron chi connectivity index (χ1n) is 16.7. The van der Waals surface area contributed by atoms with E-state index in [0.29, 0.717) is 12.0 Å². The van der Waals surface area contributed by atoms with Gasteiger partial charge in [0.1, 0.15) is 17.9 Å². The lowest BCUT2D eigenvalue weighted by Gasteiger charge is -2.39. The number of hydrogen-bond donors (Lipinski definition) is 1. The van der Waals surface area contributed by atoms with Gasteiger partial charge in [-0.3, -0.25) is 14.3 Å². The highest BCUT2D eigenvalue weighted by Crippen LogP contribution is 2.50. The van der Waals surface area contributed by atoms with Gasteiger partial charge in [-0.15, -0.1) is 0 Å². The van der Waals surface area contributed by atoms with Crippen LogP contribution in [0.4, 0.5) is 0 Å². The van der Waals surface area contributed by atoms with Crippen LogP contribution in [0.1, 0.15) is 69.0 Å². The standard InChI is InChI=1S/C38H45N4O6P/c1-27(2)42(28(3)4)49(46-23-15-22-39)48-33-24-35(41-25-29(5)36(43)40-37(41)44)47-34(33)26-45-38(30-16-9-6-10-17-30,31-18-11-7-12-19-31)32-20-13-8-14-21-32/h6-14,16-21,25,27-28,33-35H,15,23-24,26H2,1-5H3,(H,40,43,44)/t33-,34+,35+,49?/m0/s1. The second-order valence-corrected chi connectivity index (χ2v) is 14.0. The number of nitriles is 1. The number of benzene rings is 3. The van der Waals surface area contributed by atoms with Gasteiger partial charge in [0.25, 0.3) is 14.1 Å². The van der Waals surface area contributed by atoms with Gasteiger partial charge in [-0.25, -0.2) is 9.46 Å². The zero-order chi connectivity index (χ0) is 35.0. The van der Waals surface area contributed by atoms with Crippen molar-refractivity contribution in [2.45, 2.75) is 83.6 Å². The van der Waals surface area contributed by atoms with Gasteiger partial charge in [-0.2, -0.15) is 5.26 Å². The highest BCUT2D eigenvalue weighted by atomic mass is 31.2. The van der Waals surface area contributed by atoms with Crippen LogP contribution in [0.15, 0.2) is 107 Å². The maximum atomic E-state index is 13.0. The average Bonchev–Trinajstić information content (AvgIpc) is 3.50. The normalized spacial score (nSPS) is 18.6. The number of hydrogen-bond acceptors (Lipinski definition) is 8. The lowest BCUT2D eigenvalue weighted by atomic mass is 9.80. The molecule has 0 aliphatic carbocycles. The first-order valence-corrected chi connectivity index (χ1v) is 17.8. The first-order chi connectivity index (χ1) is 23.6. The number of aromatic nitrogens is 2. The third kappa shape index (κ3) is 8.27. The van der Waals surface area contributed by atoms with Gasteiger partial charge < -0.3 is 18.5 Å². The van der Waals surface area contributed by atoms with Crippen LogP contribution in [0.25, 0.3) is 0 Å². The first kappa shape index (κ1) is 36.3. The Labute approximate surface area is 289 Å². The molecular weight excluding hydrogens is 639 g/mol. The number of H-pyrrole nitrogens is 1. The van der Waals surface area contributed by atoms with Crippen molar-refractivity contribution < 1.29 is 18.5 Å². The van der Waals surface area contributed by atoms with E-state index in [0.717, 1.165) is 16.7 Å². The van der Waals surface area contributed by atoms with E-state index in [2.05, 4.69) is 79.8 Å². The molecule has 0 saturated carbocycles. The van der Waals surface area contributed by atoms with Crippen molar-refractivity contribution in [3.8, 4) is 6.07 Å². The minimum absolute atomic E-state index is 0.0902. The molecule has 10 nitrogen and oxygen atoms in total. The molecule has 1 N–H and O–H groups in total. The van der Waals surface area contributed by atoms with Gasteiger partial charge in [0, 0.05) is 30.3 Å². The van der Waals surface area contributed by atoms with Crippen LogP contribution in [-0.2, 0) is 24.1 Å². The SMILES string of the molecule is Cc1cn([C@H]2C[C@H](OP(OCCC#N)N(C(C)C)C(C)C)[C@@H](COC(c3ccccc3)(c3ccccc3)c3ccccc3)O2)c(=O)[nH]c1=O. The molecule has 1 aromatic heterocycles. The predicted octanol–water partition coefficient (Wildman–Crippen LogP) is 6.80. The highest BCUT2D eigenvalue weighted by molar-refractivity contribution is 7.44. The molecule has 4 atom stereocenters. The summed E-state index contributed by atoms with van der Waals surface area (Å²) in [4.78, 5) is 27.7. The van der Waals surface area contributed by atoms with Gasteiger partial charge >= 0.3 is 5.69 Å². The summed E-state index contributed by atoms with van der Waals surface area (Å²) < 4.78 is 30.5. The van der Waals surface area contributed by atoms with E-state index in [9.17, 15) is 14.9 Å². The molecule has 0 radical (unpaired) electrons. The maximum Gasteiger partial charge on any atom is 0.330 e. The summed E-state index contributed by atoms with van der Waals surface area (Å²) in [5, 5.41) is 9.25. The van der Waals surface area contributed by atoms with Crippen LogP contribution >= 0.6 is 8.53 Å². The van der Waals surface area contributed by atoms with Crippen molar-refractivity contribution in [1.29, 1.82) is 5.26 Å². The predicted molar refractivity (Wildman–Crippen MR) is 190 cm³/mol.